The van der Waals surface area contributed by atoms with Crippen LogP contribution in [0.15, 0.2) is 65.6 Å². The molecule has 0 aliphatic carbocycles. The number of methoxy groups -OCH3 is 1. The first-order valence-electron chi connectivity index (χ1n) is 10.8. The minimum absolute atomic E-state index is 0.0118. The third-order valence-electron chi connectivity index (χ3n) is 5.88. The Morgan fingerprint density at radius 3 is 2.31 bits per heavy atom. The second kappa shape index (κ2) is 11.2. The average Bonchev–Trinajstić information content (AvgIpc) is 3.23. The van der Waals surface area contributed by atoms with E-state index in [1.165, 1.54) is 12.0 Å². The van der Waals surface area contributed by atoms with Crippen molar-refractivity contribution in [2.24, 2.45) is 5.92 Å². The summed E-state index contributed by atoms with van der Waals surface area (Å²) in [6, 6.07) is 18.7. The molecule has 1 heterocycles. The summed E-state index contributed by atoms with van der Waals surface area (Å²) in [5, 5.41) is 9.69. The van der Waals surface area contributed by atoms with E-state index >= 15 is 0 Å². The molecular weight excluding hydrogens is 426 g/mol. The molecule has 2 aromatic rings. The van der Waals surface area contributed by atoms with E-state index in [0.29, 0.717) is 19.4 Å². The number of hydrogen-bond acceptors (Lipinski definition) is 5. The van der Waals surface area contributed by atoms with E-state index < -0.39 is 23.9 Å². The van der Waals surface area contributed by atoms with E-state index in [0.717, 1.165) is 10.5 Å². The Bertz CT molecular complexity index is 920. The van der Waals surface area contributed by atoms with Gasteiger partial charge in [-0.25, -0.2) is 4.79 Å². The SMILES string of the molecule is COC(=O)C(CC(=O)N1CC(Sc2ccccc2)C[C@H]1C(=O)O)CC(C)c1ccccc1. The van der Waals surface area contributed by atoms with Gasteiger partial charge in [0.2, 0.25) is 5.91 Å². The van der Waals surface area contributed by atoms with Crippen molar-refractivity contribution in [2.75, 3.05) is 13.7 Å². The Hall–Kier alpha value is -2.80. The van der Waals surface area contributed by atoms with Crippen LogP contribution in [0.1, 0.15) is 37.7 Å². The van der Waals surface area contributed by atoms with Gasteiger partial charge in [0.05, 0.1) is 13.0 Å². The molecule has 6 nitrogen and oxygen atoms in total. The Labute approximate surface area is 193 Å². The molecule has 0 saturated carbocycles. The van der Waals surface area contributed by atoms with Gasteiger partial charge in [0.15, 0.2) is 0 Å². The number of rotatable bonds is 9. The number of nitrogens with zero attached hydrogens (tertiary/aromatic N) is 1. The summed E-state index contributed by atoms with van der Waals surface area (Å²) in [5.41, 5.74) is 1.08. The highest BCUT2D eigenvalue weighted by atomic mass is 32.2. The monoisotopic (exact) mass is 455 g/mol. The third-order valence-corrected chi connectivity index (χ3v) is 7.10. The zero-order valence-electron chi connectivity index (χ0n) is 18.3. The van der Waals surface area contributed by atoms with E-state index in [9.17, 15) is 19.5 Å². The van der Waals surface area contributed by atoms with Crippen LogP contribution in [-0.4, -0.2) is 52.8 Å². The summed E-state index contributed by atoms with van der Waals surface area (Å²) in [6.07, 6.45) is 0.774. The van der Waals surface area contributed by atoms with Crippen molar-refractivity contribution in [1.82, 2.24) is 4.90 Å². The topological polar surface area (TPSA) is 83.9 Å². The Kier molecular flexibility index (Phi) is 8.33. The zero-order valence-corrected chi connectivity index (χ0v) is 19.2. The smallest absolute Gasteiger partial charge is 0.326 e. The minimum Gasteiger partial charge on any atom is -0.480 e. The highest BCUT2D eigenvalue weighted by Gasteiger charge is 2.41. The molecule has 1 saturated heterocycles. The number of esters is 1. The summed E-state index contributed by atoms with van der Waals surface area (Å²) in [7, 11) is 1.31. The van der Waals surface area contributed by atoms with Gasteiger partial charge in [0, 0.05) is 23.1 Å². The number of carboxylic acid groups (broad SMARTS) is 1. The number of likely N-dealkylation sites (tertiary alicyclic amines) is 1. The molecule has 7 heteroatoms. The second-order valence-corrected chi connectivity index (χ2v) is 9.53. The van der Waals surface area contributed by atoms with Crippen LogP contribution >= 0.6 is 11.8 Å². The van der Waals surface area contributed by atoms with Gasteiger partial charge >= 0.3 is 11.9 Å². The number of thioether (sulfide) groups is 1. The molecule has 4 atom stereocenters. The van der Waals surface area contributed by atoms with Crippen molar-refractivity contribution in [1.29, 1.82) is 0 Å². The van der Waals surface area contributed by atoms with Gasteiger partial charge in [0.1, 0.15) is 6.04 Å². The lowest BCUT2D eigenvalue weighted by Gasteiger charge is -2.25. The maximum Gasteiger partial charge on any atom is 0.326 e. The normalized spacial score (nSPS) is 19.9. The molecule has 2 aromatic carbocycles. The second-order valence-electron chi connectivity index (χ2n) is 8.16. The summed E-state index contributed by atoms with van der Waals surface area (Å²) < 4.78 is 4.96. The standard InChI is InChI=1S/C25H29NO5S/c1-17(18-9-5-3-6-10-18)13-19(25(30)31-2)14-23(27)26-16-21(15-22(26)24(28)29)32-20-11-7-4-8-12-20/h3-12,17,19,21-22H,13-16H2,1-2H3,(H,28,29)/t17?,19?,21?,22-/m0/s1. The lowest BCUT2D eigenvalue weighted by molar-refractivity contribution is -0.152. The van der Waals surface area contributed by atoms with Crippen molar-refractivity contribution in [3.8, 4) is 0 Å². The Morgan fingerprint density at radius 2 is 1.72 bits per heavy atom. The maximum absolute atomic E-state index is 13.2. The number of carboxylic acids is 1. The quantitative estimate of drug-likeness (QED) is 0.571. The van der Waals surface area contributed by atoms with Crippen molar-refractivity contribution in [3.05, 3.63) is 66.2 Å². The lowest BCUT2D eigenvalue weighted by Crippen LogP contribution is -2.42. The molecule has 1 N–H and O–H groups in total. The van der Waals surface area contributed by atoms with Crippen molar-refractivity contribution < 1.29 is 24.2 Å². The molecule has 1 amide bonds. The number of carbonyl (C=O) groups is 3. The summed E-state index contributed by atoms with van der Waals surface area (Å²) in [6.45, 7) is 2.36. The van der Waals surface area contributed by atoms with Crippen LogP contribution < -0.4 is 0 Å². The molecule has 170 valence electrons. The molecule has 0 radical (unpaired) electrons. The van der Waals surface area contributed by atoms with Gasteiger partial charge in [-0.3, -0.25) is 9.59 Å². The summed E-state index contributed by atoms with van der Waals surface area (Å²) in [4.78, 5) is 39.9. The van der Waals surface area contributed by atoms with Gasteiger partial charge in [-0.05, 0) is 36.5 Å². The molecule has 1 aliphatic heterocycles. The van der Waals surface area contributed by atoms with E-state index in [1.54, 1.807) is 11.8 Å². The van der Waals surface area contributed by atoms with Crippen LogP contribution in [0.3, 0.4) is 0 Å². The Morgan fingerprint density at radius 1 is 1.09 bits per heavy atom. The van der Waals surface area contributed by atoms with Crippen LogP contribution in [0.5, 0.6) is 0 Å². The van der Waals surface area contributed by atoms with E-state index in [-0.39, 0.29) is 23.5 Å². The van der Waals surface area contributed by atoms with Crippen molar-refractivity contribution in [2.45, 2.75) is 48.3 Å². The summed E-state index contributed by atoms with van der Waals surface area (Å²) in [5.74, 6) is -2.34. The number of benzene rings is 2. The lowest BCUT2D eigenvalue weighted by atomic mass is 9.88. The zero-order chi connectivity index (χ0) is 23.1. The van der Waals surface area contributed by atoms with Gasteiger partial charge < -0.3 is 14.7 Å². The van der Waals surface area contributed by atoms with E-state index in [2.05, 4.69) is 0 Å². The molecule has 0 aromatic heterocycles. The van der Waals surface area contributed by atoms with Crippen LogP contribution in [-0.2, 0) is 19.1 Å². The molecule has 0 spiro atoms. The van der Waals surface area contributed by atoms with Crippen LogP contribution in [0.2, 0.25) is 0 Å². The van der Waals surface area contributed by atoms with Crippen LogP contribution in [0, 0.1) is 5.92 Å². The fourth-order valence-electron chi connectivity index (χ4n) is 4.19. The number of carbonyl (C=O) groups excluding carboxylic acids is 2. The van der Waals surface area contributed by atoms with Crippen LogP contribution in [0.4, 0.5) is 0 Å². The first-order valence-corrected chi connectivity index (χ1v) is 11.6. The summed E-state index contributed by atoms with van der Waals surface area (Å²) >= 11 is 1.58. The number of hydrogen-bond donors (Lipinski definition) is 1. The predicted octanol–water partition coefficient (Wildman–Crippen LogP) is 4.21. The Balaban J connectivity index is 1.69. The van der Waals surface area contributed by atoms with Gasteiger partial charge in [-0.15, -0.1) is 11.8 Å². The molecule has 1 fully saturated rings. The largest absolute Gasteiger partial charge is 0.480 e. The van der Waals surface area contributed by atoms with Gasteiger partial charge in [-0.1, -0.05) is 55.5 Å². The molecular formula is C25H29NO5S. The molecule has 3 rings (SSSR count). The number of amides is 1. The van der Waals surface area contributed by atoms with Gasteiger partial charge in [-0.2, -0.15) is 0 Å². The molecule has 0 bridgehead atoms. The fraction of sp³-hybridized carbons (Fsp3) is 0.400. The molecule has 1 aliphatic rings. The van der Waals surface area contributed by atoms with Gasteiger partial charge in [0.25, 0.3) is 0 Å². The highest BCUT2D eigenvalue weighted by molar-refractivity contribution is 8.00. The average molecular weight is 456 g/mol. The first-order chi connectivity index (χ1) is 15.4. The van der Waals surface area contributed by atoms with Crippen molar-refractivity contribution >= 4 is 29.6 Å². The third kappa shape index (κ3) is 6.13. The minimum atomic E-state index is -1.01. The van der Waals surface area contributed by atoms with Crippen LogP contribution in [0.25, 0.3) is 0 Å². The maximum atomic E-state index is 13.2. The number of aliphatic carboxylic acids is 1. The van der Waals surface area contributed by atoms with E-state index in [1.807, 2.05) is 67.6 Å². The molecule has 32 heavy (non-hydrogen) atoms. The predicted molar refractivity (Wildman–Crippen MR) is 123 cm³/mol. The van der Waals surface area contributed by atoms with Crippen molar-refractivity contribution in [3.63, 3.8) is 0 Å². The highest BCUT2D eigenvalue weighted by Crippen LogP contribution is 2.34. The number of ether oxygens (including phenoxy) is 1. The first kappa shape index (κ1) is 23.9. The molecule has 3 unspecified atom stereocenters. The fourth-order valence-corrected chi connectivity index (χ4v) is 5.40. The van der Waals surface area contributed by atoms with E-state index in [4.69, 9.17) is 4.74 Å².